The molecule has 1 saturated heterocycles. The second kappa shape index (κ2) is 5.76. The monoisotopic (exact) mass is 329 g/mol. The Morgan fingerprint density at radius 3 is 2.26 bits per heavy atom. The lowest BCUT2D eigenvalue weighted by Crippen LogP contribution is -2.63. The van der Waals surface area contributed by atoms with E-state index in [2.05, 4.69) is 10.6 Å². The Balaban J connectivity index is 1.94. The number of hydrogen-bond donors (Lipinski definition) is 2. The SMILES string of the molecule is O=[N+]([O-])c1ccccc1CC1(C(F)(F)F)NC2CCCCC2N1. The maximum absolute atomic E-state index is 13.8. The molecule has 126 valence electrons. The molecule has 1 saturated carbocycles. The molecule has 5 nitrogen and oxygen atoms in total. The molecule has 3 rings (SSSR count). The van der Waals surface area contributed by atoms with Gasteiger partial charge in [0, 0.05) is 30.1 Å². The van der Waals surface area contributed by atoms with Crippen molar-refractivity contribution in [2.24, 2.45) is 0 Å². The van der Waals surface area contributed by atoms with Gasteiger partial charge in [-0.3, -0.25) is 20.7 Å². The van der Waals surface area contributed by atoms with E-state index in [9.17, 15) is 23.3 Å². The van der Waals surface area contributed by atoms with Crippen LogP contribution in [0, 0.1) is 10.1 Å². The number of rotatable bonds is 3. The van der Waals surface area contributed by atoms with Crippen molar-refractivity contribution in [3.63, 3.8) is 0 Å². The molecule has 0 amide bonds. The normalized spacial score (nSPS) is 30.9. The summed E-state index contributed by atoms with van der Waals surface area (Å²) in [5.41, 5.74) is -2.51. The molecule has 1 aromatic rings. The highest BCUT2D eigenvalue weighted by Crippen LogP contribution is 2.39. The van der Waals surface area contributed by atoms with E-state index >= 15 is 0 Å². The first-order chi connectivity index (χ1) is 10.8. The first kappa shape index (κ1) is 16.2. The fourth-order valence-corrected chi connectivity index (χ4v) is 3.64. The van der Waals surface area contributed by atoms with Gasteiger partial charge in [0.25, 0.3) is 5.69 Å². The van der Waals surface area contributed by atoms with Crippen LogP contribution >= 0.6 is 0 Å². The molecule has 2 atom stereocenters. The highest BCUT2D eigenvalue weighted by molar-refractivity contribution is 5.41. The standard InChI is InChI=1S/C15H18F3N3O2/c16-15(17,18)14(19-11-6-2-3-7-12(11)20-14)9-10-5-1-4-8-13(10)21(22)23/h1,4-5,8,11-12,19-20H,2-3,6-7,9H2. The van der Waals surface area contributed by atoms with Gasteiger partial charge in [0.15, 0.2) is 5.66 Å². The third-order valence-electron chi connectivity index (χ3n) is 4.76. The van der Waals surface area contributed by atoms with Crippen LogP contribution < -0.4 is 10.6 Å². The lowest BCUT2D eigenvalue weighted by atomic mass is 9.92. The number of nitrogens with zero attached hydrogens (tertiary/aromatic N) is 1. The molecule has 1 aliphatic heterocycles. The third-order valence-corrected chi connectivity index (χ3v) is 4.76. The fraction of sp³-hybridized carbons (Fsp3) is 0.600. The molecule has 23 heavy (non-hydrogen) atoms. The Morgan fingerprint density at radius 1 is 1.17 bits per heavy atom. The van der Waals surface area contributed by atoms with Gasteiger partial charge in [0.2, 0.25) is 0 Å². The van der Waals surface area contributed by atoms with E-state index in [4.69, 9.17) is 0 Å². The van der Waals surface area contributed by atoms with Gasteiger partial charge in [-0.15, -0.1) is 0 Å². The maximum atomic E-state index is 13.8. The molecule has 0 radical (unpaired) electrons. The first-order valence-electron chi connectivity index (χ1n) is 7.67. The number of nitro benzene ring substituents is 1. The molecule has 2 N–H and O–H groups in total. The second-order valence-electron chi connectivity index (χ2n) is 6.25. The quantitative estimate of drug-likeness (QED) is 0.661. The Kier molecular flexibility index (Phi) is 4.05. The summed E-state index contributed by atoms with van der Waals surface area (Å²) in [6.45, 7) is 0. The molecule has 0 bridgehead atoms. The number of para-hydroxylation sites is 1. The van der Waals surface area contributed by atoms with Crippen LogP contribution in [-0.4, -0.2) is 28.8 Å². The summed E-state index contributed by atoms with van der Waals surface area (Å²) in [7, 11) is 0. The molecule has 8 heteroatoms. The summed E-state index contributed by atoms with van der Waals surface area (Å²) in [4.78, 5) is 10.4. The third kappa shape index (κ3) is 2.92. The lowest BCUT2D eigenvalue weighted by Gasteiger charge is -2.33. The molecule has 0 aromatic heterocycles. The van der Waals surface area contributed by atoms with E-state index in [1.807, 2.05) is 0 Å². The van der Waals surface area contributed by atoms with Gasteiger partial charge in [-0.1, -0.05) is 31.0 Å². The van der Waals surface area contributed by atoms with Crippen LogP contribution in [-0.2, 0) is 6.42 Å². The van der Waals surface area contributed by atoms with Crippen molar-refractivity contribution in [3.8, 4) is 0 Å². The van der Waals surface area contributed by atoms with Crippen LogP contribution in [0.2, 0.25) is 0 Å². The van der Waals surface area contributed by atoms with Gasteiger partial charge in [-0.2, -0.15) is 13.2 Å². The van der Waals surface area contributed by atoms with E-state index in [1.165, 1.54) is 24.3 Å². The Bertz CT molecular complexity index is 592. The summed E-state index contributed by atoms with van der Waals surface area (Å²) in [6.07, 6.45) is -1.88. The molecule has 1 aromatic carbocycles. The molecule has 2 fully saturated rings. The topological polar surface area (TPSA) is 67.2 Å². The zero-order valence-corrected chi connectivity index (χ0v) is 12.4. The molecule has 2 aliphatic rings. The summed E-state index contributed by atoms with van der Waals surface area (Å²) < 4.78 is 41.3. The minimum atomic E-state index is -4.55. The van der Waals surface area contributed by atoms with Crippen LogP contribution in [0.1, 0.15) is 31.2 Å². The van der Waals surface area contributed by atoms with Crippen molar-refractivity contribution in [1.82, 2.24) is 10.6 Å². The number of alkyl halides is 3. The van der Waals surface area contributed by atoms with Crippen LogP contribution in [0.25, 0.3) is 0 Å². The molecular formula is C15H18F3N3O2. The average Bonchev–Trinajstić information content (AvgIpc) is 2.86. The molecule has 1 aliphatic carbocycles. The molecule has 1 heterocycles. The van der Waals surface area contributed by atoms with Crippen molar-refractivity contribution in [2.75, 3.05) is 0 Å². The predicted octanol–water partition coefficient (Wildman–Crippen LogP) is 2.90. The predicted molar refractivity (Wildman–Crippen MR) is 77.9 cm³/mol. The molecule has 2 unspecified atom stereocenters. The Hall–Kier alpha value is -1.67. The van der Waals surface area contributed by atoms with Crippen molar-refractivity contribution >= 4 is 5.69 Å². The van der Waals surface area contributed by atoms with Crippen molar-refractivity contribution < 1.29 is 18.1 Å². The summed E-state index contributed by atoms with van der Waals surface area (Å²) >= 11 is 0. The zero-order chi connectivity index (χ0) is 16.7. The summed E-state index contributed by atoms with van der Waals surface area (Å²) in [5, 5.41) is 16.5. The highest BCUT2D eigenvalue weighted by Gasteiger charge is 2.61. The van der Waals surface area contributed by atoms with Crippen LogP contribution in [0.3, 0.4) is 0 Å². The smallest absolute Gasteiger partial charge is 0.287 e. The lowest BCUT2D eigenvalue weighted by molar-refractivity contribution is -0.385. The average molecular weight is 329 g/mol. The number of benzene rings is 1. The van der Waals surface area contributed by atoms with Gasteiger partial charge >= 0.3 is 6.18 Å². The molecular weight excluding hydrogens is 311 g/mol. The minimum Gasteiger partial charge on any atom is -0.287 e. The van der Waals surface area contributed by atoms with Crippen LogP contribution in [0.15, 0.2) is 24.3 Å². The molecule has 0 spiro atoms. The summed E-state index contributed by atoms with van der Waals surface area (Å²) in [6, 6.07) is 5.12. The number of hydrogen-bond acceptors (Lipinski definition) is 4. The van der Waals surface area contributed by atoms with Gasteiger partial charge in [0.05, 0.1) is 4.92 Å². The number of nitrogens with one attached hydrogen (secondary N) is 2. The van der Waals surface area contributed by atoms with Crippen molar-refractivity contribution in [3.05, 3.63) is 39.9 Å². The maximum Gasteiger partial charge on any atom is 0.420 e. The number of nitro groups is 1. The minimum absolute atomic E-state index is 0.0773. The van der Waals surface area contributed by atoms with E-state index in [0.29, 0.717) is 12.8 Å². The first-order valence-corrected chi connectivity index (χ1v) is 7.67. The second-order valence-corrected chi connectivity index (χ2v) is 6.25. The zero-order valence-electron chi connectivity index (χ0n) is 12.4. The van der Waals surface area contributed by atoms with Crippen LogP contribution in [0.4, 0.5) is 18.9 Å². The van der Waals surface area contributed by atoms with Crippen molar-refractivity contribution in [2.45, 2.75) is 56.0 Å². The van der Waals surface area contributed by atoms with Gasteiger partial charge in [0.1, 0.15) is 0 Å². The van der Waals surface area contributed by atoms with Gasteiger partial charge in [-0.25, -0.2) is 0 Å². The van der Waals surface area contributed by atoms with E-state index in [1.54, 1.807) is 0 Å². The Labute approximate surface area is 131 Å². The van der Waals surface area contributed by atoms with E-state index < -0.39 is 23.2 Å². The van der Waals surface area contributed by atoms with Gasteiger partial charge in [-0.05, 0) is 12.8 Å². The number of halogens is 3. The fourth-order valence-electron chi connectivity index (χ4n) is 3.64. The number of fused-ring (bicyclic) bond motifs is 1. The van der Waals surface area contributed by atoms with Crippen molar-refractivity contribution in [1.29, 1.82) is 0 Å². The summed E-state index contributed by atoms with van der Waals surface area (Å²) in [5.74, 6) is 0. The largest absolute Gasteiger partial charge is 0.420 e. The van der Waals surface area contributed by atoms with E-state index in [-0.39, 0.29) is 23.3 Å². The Morgan fingerprint density at radius 2 is 1.74 bits per heavy atom. The van der Waals surface area contributed by atoms with Gasteiger partial charge < -0.3 is 0 Å². The van der Waals surface area contributed by atoms with E-state index in [0.717, 1.165) is 12.8 Å². The van der Waals surface area contributed by atoms with Crippen LogP contribution in [0.5, 0.6) is 0 Å². The highest BCUT2D eigenvalue weighted by atomic mass is 19.4.